The van der Waals surface area contributed by atoms with Crippen LogP contribution in [-0.4, -0.2) is 30.9 Å². The molecule has 3 heterocycles. The first-order valence-corrected chi connectivity index (χ1v) is 11.3. The lowest BCUT2D eigenvalue weighted by atomic mass is 10.2. The summed E-state index contributed by atoms with van der Waals surface area (Å²) in [6.45, 7) is 1.90. The van der Waals surface area contributed by atoms with E-state index in [1.807, 2.05) is 48.7 Å². The molecule has 6 nitrogen and oxygen atoms in total. The molecule has 1 unspecified atom stereocenters. The van der Waals surface area contributed by atoms with Gasteiger partial charge in [0, 0.05) is 17.6 Å². The number of fused-ring (bicyclic) bond motifs is 1. The van der Waals surface area contributed by atoms with E-state index in [-0.39, 0.29) is 11.2 Å². The highest BCUT2D eigenvalue weighted by atomic mass is 32.2. The van der Waals surface area contributed by atoms with Crippen LogP contribution in [0.25, 0.3) is 21.6 Å². The van der Waals surface area contributed by atoms with Crippen LogP contribution in [0.4, 0.5) is 5.69 Å². The standard InChI is InChI=1S/C21H19N5OS2/c1-13(20(27)23-17-7-2-6-16-15(17)5-3-11-22-16)29-21-25-24-19(18-8-4-12-28-18)26(21)14-9-10-14/h2-8,11-14H,9-10H2,1H3,(H,23,27). The fourth-order valence-electron chi connectivity index (χ4n) is 3.25. The Bertz CT molecular complexity index is 1160. The van der Waals surface area contributed by atoms with Crippen molar-refractivity contribution in [2.45, 2.75) is 36.2 Å². The lowest BCUT2D eigenvalue weighted by Crippen LogP contribution is -2.23. The highest BCUT2D eigenvalue weighted by Crippen LogP contribution is 2.42. The zero-order valence-corrected chi connectivity index (χ0v) is 17.4. The van der Waals surface area contributed by atoms with Gasteiger partial charge in [0.2, 0.25) is 5.91 Å². The molecule has 1 atom stereocenters. The summed E-state index contributed by atoms with van der Waals surface area (Å²) in [4.78, 5) is 18.3. The van der Waals surface area contributed by atoms with Crippen molar-refractivity contribution in [3.63, 3.8) is 0 Å². The molecule has 8 heteroatoms. The lowest BCUT2D eigenvalue weighted by molar-refractivity contribution is -0.115. The largest absolute Gasteiger partial charge is 0.324 e. The van der Waals surface area contributed by atoms with Gasteiger partial charge in [-0.1, -0.05) is 23.9 Å². The van der Waals surface area contributed by atoms with Crippen LogP contribution in [-0.2, 0) is 4.79 Å². The fourth-order valence-corrected chi connectivity index (χ4v) is 4.88. The quantitative estimate of drug-likeness (QED) is 0.443. The van der Waals surface area contributed by atoms with E-state index in [0.717, 1.165) is 45.3 Å². The number of nitrogens with zero attached hydrogens (tertiary/aromatic N) is 4. The summed E-state index contributed by atoms with van der Waals surface area (Å²) in [5.41, 5.74) is 1.63. The van der Waals surface area contributed by atoms with Crippen molar-refractivity contribution in [1.29, 1.82) is 0 Å². The Hall–Kier alpha value is -2.71. The maximum absolute atomic E-state index is 12.9. The van der Waals surface area contributed by atoms with Gasteiger partial charge in [-0.2, -0.15) is 0 Å². The maximum atomic E-state index is 12.9. The van der Waals surface area contributed by atoms with E-state index in [1.165, 1.54) is 11.8 Å². The van der Waals surface area contributed by atoms with Crippen molar-refractivity contribution in [2.24, 2.45) is 0 Å². The van der Waals surface area contributed by atoms with Crippen molar-refractivity contribution in [2.75, 3.05) is 5.32 Å². The summed E-state index contributed by atoms with van der Waals surface area (Å²) in [5, 5.41) is 15.3. The molecule has 0 bridgehead atoms. The third-order valence-electron chi connectivity index (χ3n) is 4.87. The van der Waals surface area contributed by atoms with Crippen LogP contribution in [0.2, 0.25) is 0 Å². The molecule has 146 valence electrons. The van der Waals surface area contributed by atoms with Crippen LogP contribution in [0.3, 0.4) is 0 Å². The molecule has 0 radical (unpaired) electrons. The van der Waals surface area contributed by atoms with E-state index in [4.69, 9.17) is 0 Å². The minimum atomic E-state index is -0.306. The average Bonchev–Trinajstić information content (AvgIpc) is 3.25. The Labute approximate surface area is 176 Å². The lowest BCUT2D eigenvalue weighted by Gasteiger charge is -2.14. The number of anilines is 1. The number of aromatic nitrogens is 4. The summed E-state index contributed by atoms with van der Waals surface area (Å²) < 4.78 is 2.20. The molecule has 0 spiro atoms. The second-order valence-electron chi connectivity index (χ2n) is 7.01. The molecule has 1 saturated carbocycles. The zero-order valence-electron chi connectivity index (χ0n) is 15.8. The number of pyridine rings is 1. The van der Waals surface area contributed by atoms with E-state index in [2.05, 4.69) is 31.1 Å². The smallest absolute Gasteiger partial charge is 0.237 e. The number of carbonyl (C=O) groups excluding carboxylic acids is 1. The van der Waals surface area contributed by atoms with Crippen molar-refractivity contribution < 1.29 is 4.79 Å². The predicted octanol–water partition coefficient (Wildman–Crippen LogP) is 5.01. The molecule has 29 heavy (non-hydrogen) atoms. The molecule has 5 rings (SSSR count). The van der Waals surface area contributed by atoms with Gasteiger partial charge in [0.25, 0.3) is 0 Å². The number of carbonyl (C=O) groups is 1. The second kappa shape index (κ2) is 7.61. The van der Waals surface area contributed by atoms with Crippen LogP contribution in [0.15, 0.2) is 59.2 Å². The van der Waals surface area contributed by atoms with Gasteiger partial charge in [0.1, 0.15) is 0 Å². The minimum absolute atomic E-state index is 0.0608. The Balaban J connectivity index is 1.36. The maximum Gasteiger partial charge on any atom is 0.237 e. The van der Waals surface area contributed by atoms with E-state index >= 15 is 0 Å². The number of amides is 1. The van der Waals surface area contributed by atoms with Crippen LogP contribution < -0.4 is 5.32 Å². The molecule has 0 aliphatic heterocycles. The number of thioether (sulfide) groups is 1. The van der Waals surface area contributed by atoms with Gasteiger partial charge in [-0.05, 0) is 55.5 Å². The molecule has 1 aromatic carbocycles. The molecule has 4 aromatic rings. The topological polar surface area (TPSA) is 72.7 Å². The van der Waals surface area contributed by atoms with Gasteiger partial charge in [-0.15, -0.1) is 21.5 Å². The van der Waals surface area contributed by atoms with Gasteiger partial charge in [-0.3, -0.25) is 14.3 Å². The minimum Gasteiger partial charge on any atom is -0.324 e. The van der Waals surface area contributed by atoms with Crippen molar-refractivity contribution >= 4 is 45.6 Å². The van der Waals surface area contributed by atoms with Gasteiger partial charge < -0.3 is 5.32 Å². The molecule has 1 fully saturated rings. The van der Waals surface area contributed by atoms with Crippen molar-refractivity contribution in [1.82, 2.24) is 19.7 Å². The third-order valence-corrected chi connectivity index (χ3v) is 6.80. The summed E-state index contributed by atoms with van der Waals surface area (Å²) in [6.07, 6.45) is 4.02. The Morgan fingerprint density at radius 3 is 2.90 bits per heavy atom. The Morgan fingerprint density at radius 2 is 2.10 bits per heavy atom. The molecular formula is C21H19N5OS2. The first kappa shape index (κ1) is 18.3. The molecule has 1 aliphatic rings. The zero-order chi connectivity index (χ0) is 19.8. The molecule has 1 amide bonds. The van der Waals surface area contributed by atoms with Crippen molar-refractivity contribution in [3.05, 3.63) is 54.0 Å². The van der Waals surface area contributed by atoms with Crippen LogP contribution >= 0.6 is 23.1 Å². The number of rotatable bonds is 6. The summed E-state index contributed by atoms with van der Waals surface area (Å²) in [5.74, 6) is 0.840. The molecule has 0 saturated heterocycles. The third kappa shape index (κ3) is 3.65. The highest BCUT2D eigenvalue weighted by molar-refractivity contribution is 8.00. The molecule has 1 N–H and O–H groups in total. The van der Waals surface area contributed by atoms with Gasteiger partial charge >= 0.3 is 0 Å². The summed E-state index contributed by atoms with van der Waals surface area (Å²) >= 11 is 3.11. The SMILES string of the molecule is CC(Sc1nnc(-c2cccs2)n1C1CC1)C(=O)Nc1cccc2ncccc12. The monoisotopic (exact) mass is 421 g/mol. The summed E-state index contributed by atoms with van der Waals surface area (Å²) in [7, 11) is 0. The summed E-state index contributed by atoms with van der Waals surface area (Å²) in [6, 6.07) is 14.1. The molecular weight excluding hydrogens is 402 g/mol. The van der Waals surface area contributed by atoms with Gasteiger partial charge in [0.15, 0.2) is 11.0 Å². The van der Waals surface area contributed by atoms with E-state index < -0.39 is 0 Å². The predicted molar refractivity (Wildman–Crippen MR) is 117 cm³/mol. The Kier molecular flexibility index (Phi) is 4.81. The van der Waals surface area contributed by atoms with Crippen molar-refractivity contribution in [3.8, 4) is 10.7 Å². The fraction of sp³-hybridized carbons (Fsp3) is 0.238. The van der Waals surface area contributed by atoms with Gasteiger partial charge in [0.05, 0.1) is 21.3 Å². The normalized spacial score (nSPS) is 14.8. The van der Waals surface area contributed by atoms with Crippen LogP contribution in [0, 0.1) is 0 Å². The second-order valence-corrected chi connectivity index (χ2v) is 9.27. The number of hydrogen-bond donors (Lipinski definition) is 1. The average molecular weight is 422 g/mol. The van der Waals surface area contributed by atoms with Crippen LogP contribution in [0.5, 0.6) is 0 Å². The number of thiophene rings is 1. The Morgan fingerprint density at radius 1 is 1.21 bits per heavy atom. The van der Waals surface area contributed by atoms with E-state index in [0.29, 0.717) is 6.04 Å². The first-order valence-electron chi connectivity index (χ1n) is 9.51. The molecule has 1 aliphatic carbocycles. The molecule has 3 aromatic heterocycles. The van der Waals surface area contributed by atoms with Crippen LogP contribution in [0.1, 0.15) is 25.8 Å². The van der Waals surface area contributed by atoms with Gasteiger partial charge in [-0.25, -0.2) is 0 Å². The van der Waals surface area contributed by atoms with E-state index in [1.54, 1.807) is 17.5 Å². The number of nitrogens with one attached hydrogen (secondary N) is 1. The number of hydrogen-bond acceptors (Lipinski definition) is 6. The highest BCUT2D eigenvalue weighted by Gasteiger charge is 2.31. The first-order chi connectivity index (χ1) is 14.2. The number of benzene rings is 1. The van der Waals surface area contributed by atoms with E-state index in [9.17, 15) is 4.79 Å².